The van der Waals surface area contributed by atoms with Gasteiger partial charge in [0, 0.05) is 18.2 Å². The molecule has 0 amide bonds. The quantitative estimate of drug-likeness (QED) is 0.880. The first-order valence-corrected chi connectivity index (χ1v) is 5.49. The molecule has 0 spiro atoms. The fourth-order valence-corrected chi connectivity index (χ4v) is 1.82. The highest BCUT2D eigenvalue weighted by Crippen LogP contribution is 2.25. The normalized spacial score (nSPS) is 10.7. The van der Waals surface area contributed by atoms with Gasteiger partial charge in [-0.2, -0.15) is 0 Å². The summed E-state index contributed by atoms with van der Waals surface area (Å²) in [5, 5.41) is 2.93. The Hall–Kier alpha value is -1.81. The van der Waals surface area contributed by atoms with Crippen molar-refractivity contribution in [3.63, 3.8) is 0 Å². The molecule has 1 N–H and O–H groups in total. The van der Waals surface area contributed by atoms with Crippen LogP contribution in [0.25, 0.3) is 11.1 Å². The van der Waals surface area contributed by atoms with Crippen LogP contribution >= 0.6 is 0 Å². The van der Waals surface area contributed by atoms with Gasteiger partial charge in [0.05, 0.1) is 0 Å². The number of hydrogen-bond donors (Lipinski definition) is 1. The summed E-state index contributed by atoms with van der Waals surface area (Å²) < 4.78 is 39.9. The van der Waals surface area contributed by atoms with Crippen molar-refractivity contribution in [2.75, 3.05) is 7.05 Å². The van der Waals surface area contributed by atoms with Crippen molar-refractivity contribution in [2.45, 2.75) is 6.54 Å². The van der Waals surface area contributed by atoms with E-state index in [2.05, 4.69) is 5.32 Å². The molecule has 0 atom stereocenters. The summed E-state index contributed by atoms with van der Waals surface area (Å²) in [6.07, 6.45) is 0. The van der Waals surface area contributed by atoms with Crippen molar-refractivity contribution in [1.82, 2.24) is 5.32 Å². The van der Waals surface area contributed by atoms with Crippen LogP contribution in [0.15, 0.2) is 36.4 Å². The van der Waals surface area contributed by atoms with Crippen LogP contribution < -0.4 is 5.32 Å². The zero-order valence-electron chi connectivity index (χ0n) is 9.81. The van der Waals surface area contributed by atoms with Crippen molar-refractivity contribution >= 4 is 0 Å². The molecule has 94 valence electrons. The average Bonchev–Trinajstić information content (AvgIpc) is 2.30. The van der Waals surface area contributed by atoms with Crippen molar-refractivity contribution < 1.29 is 13.2 Å². The molecule has 2 rings (SSSR count). The Balaban J connectivity index is 2.51. The third-order valence-electron chi connectivity index (χ3n) is 2.59. The minimum atomic E-state index is -0.719. The van der Waals surface area contributed by atoms with Gasteiger partial charge < -0.3 is 5.32 Å². The zero-order chi connectivity index (χ0) is 13.1. The SMILES string of the molecule is CNCc1ccc(F)c(-c2cc(F)cc(F)c2)c1. The van der Waals surface area contributed by atoms with Crippen molar-refractivity contribution in [2.24, 2.45) is 0 Å². The van der Waals surface area contributed by atoms with Gasteiger partial charge in [-0.1, -0.05) is 6.07 Å². The van der Waals surface area contributed by atoms with Gasteiger partial charge in [0.25, 0.3) is 0 Å². The third-order valence-corrected chi connectivity index (χ3v) is 2.59. The van der Waals surface area contributed by atoms with Crippen molar-refractivity contribution in [1.29, 1.82) is 0 Å². The molecule has 2 aromatic carbocycles. The molecular weight excluding hydrogens is 239 g/mol. The first kappa shape index (κ1) is 12.6. The van der Waals surface area contributed by atoms with Gasteiger partial charge >= 0.3 is 0 Å². The monoisotopic (exact) mass is 251 g/mol. The molecule has 0 unspecified atom stereocenters. The fourth-order valence-electron chi connectivity index (χ4n) is 1.82. The smallest absolute Gasteiger partial charge is 0.131 e. The first-order chi connectivity index (χ1) is 8.60. The molecule has 0 aliphatic heterocycles. The minimum absolute atomic E-state index is 0.196. The molecule has 0 aromatic heterocycles. The highest BCUT2D eigenvalue weighted by Gasteiger charge is 2.09. The molecule has 0 saturated heterocycles. The summed E-state index contributed by atoms with van der Waals surface area (Å²) in [5.74, 6) is -1.94. The molecular formula is C14H12F3N. The second-order valence-corrected chi connectivity index (χ2v) is 4.00. The number of rotatable bonds is 3. The Labute approximate surface area is 103 Å². The largest absolute Gasteiger partial charge is 0.316 e. The van der Waals surface area contributed by atoms with E-state index < -0.39 is 17.5 Å². The Morgan fingerprint density at radius 1 is 0.944 bits per heavy atom. The molecule has 0 heterocycles. The van der Waals surface area contributed by atoms with Crippen LogP contribution in [0.1, 0.15) is 5.56 Å². The van der Waals surface area contributed by atoms with Gasteiger partial charge in [0.15, 0.2) is 0 Å². The summed E-state index contributed by atoms with van der Waals surface area (Å²) >= 11 is 0. The zero-order valence-corrected chi connectivity index (χ0v) is 9.81. The van der Waals surface area contributed by atoms with Gasteiger partial charge in [-0.05, 0) is 42.4 Å². The Morgan fingerprint density at radius 2 is 1.61 bits per heavy atom. The molecule has 4 heteroatoms. The topological polar surface area (TPSA) is 12.0 Å². The van der Waals surface area contributed by atoms with E-state index in [9.17, 15) is 13.2 Å². The van der Waals surface area contributed by atoms with E-state index >= 15 is 0 Å². The Kier molecular flexibility index (Phi) is 3.67. The van der Waals surface area contributed by atoms with Gasteiger partial charge in [-0.3, -0.25) is 0 Å². The minimum Gasteiger partial charge on any atom is -0.316 e. The number of benzene rings is 2. The van der Waals surface area contributed by atoms with Crippen LogP contribution in [-0.4, -0.2) is 7.05 Å². The average molecular weight is 251 g/mol. The third kappa shape index (κ3) is 2.71. The highest BCUT2D eigenvalue weighted by molar-refractivity contribution is 5.65. The number of hydrogen-bond acceptors (Lipinski definition) is 1. The molecule has 0 aliphatic carbocycles. The highest BCUT2D eigenvalue weighted by atomic mass is 19.1. The van der Waals surface area contributed by atoms with Gasteiger partial charge in [0.1, 0.15) is 17.5 Å². The lowest BCUT2D eigenvalue weighted by Gasteiger charge is -2.07. The lowest BCUT2D eigenvalue weighted by molar-refractivity contribution is 0.583. The Morgan fingerprint density at radius 3 is 2.22 bits per heavy atom. The van der Waals surface area contributed by atoms with E-state index in [4.69, 9.17) is 0 Å². The van der Waals surface area contributed by atoms with Gasteiger partial charge in [-0.15, -0.1) is 0 Å². The number of halogens is 3. The van der Waals surface area contributed by atoms with Crippen molar-refractivity contribution in [3.8, 4) is 11.1 Å². The Bertz CT molecular complexity index is 547. The van der Waals surface area contributed by atoms with Crippen LogP contribution in [0.5, 0.6) is 0 Å². The summed E-state index contributed by atoms with van der Waals surface area (Å²) in [6, 6.07) is 7.50. The van der Waals surface area contributed by atoms with Gasteiger partial charge in [-0.25, -0.2) is 13.2 Å². The lowest BCUT2D eigenvalue weighted by atomic mass is 10.0. The van der Waals surface area contributed by atoms with Gasteiger partial charge in [0.2, 0.25) is 0 Å². The number of nitrogens with one attached hydrogen (secondary N) is 1. The van der Waals surface area contributed by atoms with E-state index in [-0.39, 0.29) is 11.1 Å². The van der Waals surface area contributed by atoms with Crippen LogP contribution in [0.2, 0.25) is 0 Å². The molecule has 0 saturated carbocycles. The second-order valence-electron chi connectivity index (χ2n) is 4.00. The lowest BCUT2D eigenvalue weighted by Crippen LogP contribution is -2.05. The second kappa shape index (κ2) is 5.23. The maximum absolute atomic E-state index is 13.7. The van der Waals surface area contributed by atoms with E-state index in [1.165, 1.54) is 6.07 Å². The molecule has 0 radical (unpaired) electrons. The summed E-state index contributed by atoms with van der Waals surface area (Å²) in [6.45, 7) is 0.561. The van der Waals surface area contributed by atoms with Crippen LogP contribution in [0.4, 0.5) is 13.2 Å². The van der Waals surface area contributed by atoms with Crippen molar-refractivity contribution in [3.05, 3.63) is 59.4 Å². The van der Waals surface area contributed by atoms with E-state index in [0.29, 0.717) is 6.54 Å². The predicted octanol–water partition coefficient (Wildman–Crippen LogP) is 3.49. The molecule has 0 fully saturated rings. The first-order valence-electron chi connectivity index (χ1n) is 5.49. The van der Waals surface area contributed by atoms with E-state index in [1.54, 1.807) is 19.2 Å². The van der Waals surface area contributed by atoms with Crippen LogP contribution in [0, 0.1) is 17.5 Å². The molecule has 0 aliphatic rings. The van der Waals surface area contributed by atoms with Crippen LogP contribution in [0.3, 0.4) is 0 Å². The molecule has 0 bridgehead atoms. The summed E-state index contributed by atoms with van der Waals surface area (Å²) in [7, 11) is 1.77. The molecule has 2 aromatic rings. The fraction of sp³-hybridized carbons (Fsp3) is 0.143. The maximum atomic E-state index is 13.7. The summed E-state index contributed by atoms with van der Waals surface area (Å²) in [5.41, 5.74) is 1.24. The molecule has 18 heavy (non-hydrogen) atoms. The van der Waals surface area contributed by atoms with E-state index in [0.717, 1.165) is 23.8 Å². The summed E-state index contributed by atoms with van der Waals surface area (Å²) in [4.78, 5) is 0. The van der Waals surface area contributed by atoms with E-state index in [1.807, 2.05) is 0 Å². The van der Waals surface area contributed by atoms with Crippen LogP contribution in [-0.2, 0) is 6.54 Å². The standard InChI is InChI=1S/C14H12F3N/c1-18-8-9-2-3-14(17)13(4-9)10-5-11(15)7-12(16)6-10/h2-7,18H,8H2,1H3. The maximum Gasteiger partial charge on any atom is 0.131 e. The molecule has 1 nitrogen and oxygen atoms in total. The predicted molar refractivity (Wildman–Crippen MR) is 64.5 cm³/mol.